The van der Waals surface area contributed by atoms with Crippen LogP contribution in [0, 0.1) is 18.6 Å². The van der Waals surface area contributed by atoms with E-state index in [0.29, 0.717) is 18.3 Å². The smallest absolute Gasteiger partial charge is 0.168 e. The summed E-state index contributed by atoms with van der Waals surface area (Å²) in [6, 6.07) is 9.46. The lowest BCUT2D eigenvalue weighted by Gasteiger charge is -2.13. The second-order valence-electron chi connectivity index (χ2n) is 5.31. The fraction of sp³-hybridized carbons (Fsp3) is 0.294. The minimum absolute atomic E-state index is 0.0217. The summed E-state index contributed by atoms with van der Waals surface area (Å²) in [6.07, 6.45) is 0. The van der Waals surface area contributed by atoms with E-state index in [1.165, 1.54) is 12.1 Å². The van der Waals surface area contributed by atoms with Gasteiger partial charge in [-0.1, -0.05) is 26.0 Å². The molecule has 0 saturated heterocycles. The lowest BCUT2D eigenvalue weighted by molar-refractivity contribution is 0.434. The Balaban J connectivity index is 2.20. The highest BCUT2D eigenvalue weighted by atomic mass is 19.1. The van der Waals surface area contributed by atoms with Gasteiger partial charge in [0, 0.05) is 18.7 Å². The molecule has 0 unspecified atom stereocenters. The molecule has 0 fully saturated rings. The van der Waals surface area contributed by atoms with Crippen molar-refractivity contribution in [3.63, 3.8) is 0 Å². The van der Waals surface area contributed by atoms with E-state index in [2.05, 4.69) is 19.2 Å². The van der Waals surface area contributed by atoms with Crippen LogP contribution in [0.1, 0.15) is 25.0 Å². The Bertz CT molecular complexity index is 626. The van der Waals surface area contributed by atoms with Crippen molar-refractivity contribution in [3.8, 4) is 11.5 Å². The topological polar surface area (TPSA) is 21.3 Å². The summed E-state index contributed by atoms with van der Waals surface area (Å²) >= 11 is 0. The molecule has 0 spiro atoms. The average Bonchev–Trinajstić information content (AvgIpc) is 2.42. The maximum Gasteiger partial charge on any atom is 0.168 e. The first-order valence-electron chi connectivity index (χ1n) is 6.91. The van der Waals surface area contributed by atoms with Crippen molar-refractivity contribution in [1.29, 1.82) is 0 Å². The van der Waals surface area contributed by atoms with Gasteiger partial charge in [0.1, 0.15) is 11.6 Å². The Kier molecular flexibility index (Phi) is 4.91. The van der Waals surface area contributed by atoms with Crippen LogP contribution in [0.3, 0.4) is 0 Å². The summed E-state index contributed by atoms with van der Waals surface area (Å²) in [6.45, 7) is 6.73. The lowest BCUT2D eigenvalue weighted by atomic mass is 10.1. The fourth-order valence-electron chi connectivity index (χ4n) is 1.86. The number of ether oxygens (including phenoxy) is 1. The highest BCUT2D eigenvalue weighted by Crippen LogP contribution is 2.28. The number of hydrogen-bond acceptors (Lipinski definition) is 2. The van der Waals surface area contributed by atoms with Crippen molar-refractivity contribution >= 4 is 0 Å². The Morgan fingerprint density at radius 2 is 1.81 bits per heavy atom. The molecule has 2 nitrogen and oxygen atoms in total. The van der Waals surface area contributed by atoms with Crippen LogP contribution >= 0.6 is 0 Å². The van der Waals surface area contributed by atoms with Crippen molar-refractivity contribution in [2.75, 3.05) is 0 Å². The number of aryl methyl sites for hydroxylation is 1. The van der Waals surface area contributed by atoms with E-state index in [0.717, 1.165) is 17.2 Å². The summed E-state index contributed by atoms with van der Waals surface area (Å²) in [5, 5.41) is 3.31. The van der Waals surface area contributed by atoms with Gasteiger partial charge in [0.25, 0.3) is 0 Å². The van der Waals surface area contributed by atoms with Crippen LogP contribution in [0.2, 0.25) is 0 Å². The van der Waals surface area contributed by atoms with Crippen LogP contribution in [0.15, 0.2) is 36.4 Å². The number of benzene rings is 2. The maximum absolute atomic E-state index is 13.6. The minimum Gasteiger partial charge on any atom is -0.454 e. The summed E-state index contributed by atoms with van der Waals surface area (Å²) in [4.78, 5) is 0. The van der Waals surface area contributed by atoms with Gasteiger partial charge in [0.05, 0.1) is 0 Å². The molecule has 0 aromatic heterocycles. The number of hydrogen-bond donors (Lipinski definition) is 1. The van der Waals surface area contributed by atoms with Gasteiger partial charge in [0.2, 0.25) is 0 Å². The normalized spacial score (nSPS) is 11.0. The zero-order valence-corrected chi connectivity index (χ0v) is 12.4. The van der Waals surface area contributed by atoms with E-state index in [1.807, 2.05) is 25.1 Å². The van der Waals surface area contributed by atoms with Gasteiger partial charge < -0.3 is 10.1 Å². The number of rotatable bonds is 5. The van der Waals surface area contributed by atoms with E-state index in [-0.39, 0.29) is 5.75 Å². The molecule has 0 aliphatic rings. The van der Waals surface area contributed by atoms with Crippen molar-refractivity contribution in [2.45, 2.75) is 33.4 Å². The lowest BCUT2D eigenvalue weighted by Crippen LogP contribution is -2.21. The third kappa shape index (κ3) is 4.26. The van der Waals surface area contributed by atoms with Gasteiger partial charge >= 0.3 is 0 Å². The second kappa shape index (κ2) is 6.68. The number of nitrogens with one attached hydrogen (secondary N) is 1. The van der Waals surface area contributed by atoms with Gasteiger partial charge in [0.15, 0.2) is 11.6 Å². The van der Waals surface area contributed by atoms with Crippen LogP contribution in [0.25, 0.3) is 0 Å². The molecular weight excluding hydrogens is 272 g/mol. The molecule has 0 saturated carbocycles. The SMILES string of the molecule is Cc1ccc(CNC(C)C)cc1Oc1ccc(F)cc1F. The molecule has 4 heteroatoms. The molecule has 0 atom stereocenters. The first kappa shape index (κ1) is 15.4. The van der Waals surface area contributed by atoms with Gasteiger partial charge in [-0.05, 0) is 36.2 Å². The van der Waals surface area contributed by atoms with Crippen LogP contribution in [0.4, 0.5) is 8.78 Å². The predicted molar refractivity (Wildman–Crippen MR) is 79.6 cm³/mol. The first-order chi connectivity index (χ1) is 9.95. The molecule has 2 aromatic carbocycles. The van der Waals surface area contributed by atoms with Crippen LogP contribution in [0.5, 0.6) is 11.5 Å². The second-order valence-corrected chi connectivity index (χ2v) is 5.31. The monoisotopic (exact) mass is 291 g/mol. The van der Waals surface area contributed by atoms with E-state index >= 15 is 0 Å². The van der Waals surface area contributed by atoms with Crippen molar-refractivity contribution in [3.05, 3.63) is 59.2 Å². The summed E-state index contributed by atoms with van der Waals surface area (Å²) < 4.78 is 32.1. The van der Waals surface area contributed by atoms with Gasteiger partial charge in [-0.15, -0.1) is 0 Å². The first-order valence-corrected chi connectivity index (χ1v) is 6.91. The third-order valence-corrected chi connectivity index (χ3v) is 3.08. The minimum atomic E-state index is -0.708. The Morgan fingerprint density at radius 1 is 1.05 bits per heavy atom. The van der Waals surface area contributed by atoms with E-state index in [1.54, 1.807) is 0 Å². The standard InChI is InChI=1S/C17H19F2NO/c1-11(2)20-10-13-5-4-12(3)17(8-13)21-16-7-6-14(18)9-15(16)19/h4-9,11,20H,10H2,1-3H3. The summed E-state index contributed by atoms with van der Waals surface area (Å²) in [5.74, 6) is -0.733. The quantitative estimate of drug-likeness (QED) is 0.871. The van der Waals surface area contributed by atoms with Crippen molar-refractivity contribution in [1.82, 2.24) is 5.32 Å². The molecule has 0 bridgehead atoms. The molecule has 2 rings (SSSR count). The third-order valence-electron chi connectivity index (χ3n) is 3.08. The number of halogens is 2. The fourth-order valence-corrected chi connectivity index (χ4v) is 1.86. The molecule has 0 heterocycles. The van der Waals surface area contributed by atoms with E-state index in [9.17, 15) is 8.78 Å². The maximum atomic E-state index is 13.6. The zero-order chi connectivity index (χ0) is 15.4. The van der Waals surface area contributed by atoms with Crippen molar-refractivity contribution in [2.24, 2.45) is 0 Å². The molecular formula is C17H19F2NO. The van der Waals surface area contributed by atoms with Crippen LogP contribution in [-0.4, -0.2) is 6.04 Å². The molecule has 0 radical (unpaired) electrons. The largest absolute Gasteiger partial charge is 0.454 e. The van der Waals surface area contributed by atoms with E-state index in [4.69, 9.17) is 4.74 Å². The van der Waals surface area contributed by atoms with Gasteiger partial charge in [-0.3, -0.25) is 0 Å². The highest BCUT2D eigenvalue weighted by Gasteiger charge is 2.09. The molecule has 0 aliphatic heterocycles. The molecule has 1 N–H and O–H groups in total. The summed E-state index contributed by atoms with van der Waals surface area (Å²) in [5.41, 5.74) is 1.94. The van der Waals surface area contributed by atoms with Gasteiger partial charge in [-0.25, -0.2) is 8.78 Å². The summed E-state index contributed by atoms with van der Waals surface area (Å²) in [7, 11) is 0. The van der Waals surface area contributed by atoms with E-state index < -0.39 is 11.6 Å². The zero-order valence-electron chi connectivity index (χ0n) is 12.4. The Morgan fingerprint density at radius 3 is 2.48 bits per heavy atom. The highest BCUT2D eigenvalue weighted by molar-refractivity contribution is 5.40. The Hall–Kier alpha value is -1.94. The molecule has 2 aromatic rings. The van der Waals surface area contributed by atoms with Crippen LogP contribution in [-0.2, 0) is 6.54 Å². The van der Waals surface area contributed by atoms with Crippen LogP contribution < -0.4 is 10.1 Å². The molecule has 112 valence electrons. The van der Waals surface area contributed by atoms with Crippen molar-refractivity contribution < 1.29 is 13.5 Å². The average molecular weight is 291 g/mol. The molecule has 0 amide bonds. The van der Waals surface area contributed by atoms with Gasteiger partial charge in [-0.2, -0.15) is 0 Å². The Labute approximate surface area is 123 Å². The molecule has 21 heavy (non-hydrogen) atoms. The molecule has 0 aliphatic carbocycles. The predicted octanol–water partition coefficient (Wildman–Crippen LogP) is 4.56.